The van der Waals surface area contributed by atoms with Gasteiger partial charge in [-0.05, 0) is 49.2 Å². The van der Waals surface area contributed by atoms with Gasteiger partial charge >= 0.3 is 0 Å². The van der Waals surface area contributed by atoms with Crippen molar-refractivity contribution in [3.63, 3.8) is 0 Å². The van der Waals surface area contributed by atoms with Crippen molar-refractivity contribution in [2.24, 2.45) is 0 Å². The van der Waals surface area contributed by atoms with E-state index in [1.807, 2.05) is 0 Å². The summed E-state index contributed by atoms with van der Waals surface area (Å²) in [6, 6.07) is 9.19. The monoisotopic (exact) mass is 450 g/mol. The van der Waals surface area contributed by atoms with Crippen LogP contribution in [-0.4, -0.2) is 40.7 Å². The molecule has 11 heteroatoms. The van der Waals surface area contributed by atoms with Crippen molar-refractivity contribution in [2.45, 2.75) is 18.9 Å². The molecule has 162 valence electrons. The average Bonchev–Trinajstić information content (AvgIpc) is 3.54. The quantitative estimate of drug-likeness (QED) is 0.454. The van der Waals surface area contributed by atoms with E-state index in [-0.39, 0.29) is 30.9 Å². The molecule has 1 aliphatic heterocycles. The van der Waals surface area contributed by atoms with Crippen molar-refractivity contribution in [2.75, 3.05) is 11.4 Å². The van der Waals surface area contributed by atoms with E-state index in [2.05, 4.69) is 24.8 Å². The lowest BCUT2D eigenvalue weighted by Crippen LogP contribution is -2.33. The molecule has 0 aliphatic carbocycles. The molecule has 1 aromatic carbocycles. The van der Waals surface area contributed by atoms with Gasteiger partial charge in [0.25, 0.3) is 5.56 Å². The van der Waals surface area contributed by atoms with Crippen LogP contribution in [0.4, 0.5) is 10.2 Å². The van der Waals surface area contributed by atoms with Crippen molar-refractivity contribution in [1.29, 1.82) is 0 Å². The first-order chi connectivity index (χ1) is 15.2. The lowest BCUT2D eigenvalue weighted by atomic mass is 10.2. The highest BCUT2D eigenvalue weighted by Gasteiger charge is 2.33. The Bertz CT molecular complexity index is 1480. The first kappa shape index (κ1) is 20.2. The SMILES string of the molecule is O=c1c2cccn2nc([C@@H]2CCCN2c2ncnc3nc[nH]c23)n1-c1ccc(F)cc1.S. The molecule has 1 atom stereocenters. The molecule has 0 saturated carbocycles. The van der Waals surface area contributed by atoms with Crippen LogP contribution in [0.2, 0.25) is 0 Å². The number of fused-ring (bicyclic) bond motifs is 2. The lowest BCUT2D eigenvalue weighted by molar-refractivity contribution is 0.599. The van der Waals surface area contributed by atoms with Crippen LogP contribution in [0.3, 0.4) is 0 Å². The number of imidazole rings is 1. The summed E-state index contributed by atoms with van der Waals surface area (Å²) in [6.07, 6.45) is 6.54. The number of nitrogens with one attached hydrogen (secondary N) is 1. The normalized spacial score (nSPS) is 16.0. The van der Waals surface area contributed by atoms with Crippen LogP contribution in [0.15, 0.2) is 60.0 Å². The van der Waals surface area contributed by atoms with Gasteiger partial charge in [0, 0.05) is 12.7 Å². The Morgan fingerprint density at radius 3 is 2.78 bits per heavy atom. The van der Waals surface area contributed by atoms with E-state index in [1.54, 1.807) is 45.9 Å². The molecule has 1 aliphatic rings. The summed E-state index contributed by atoms with van der Waals surface area (Å²) in [6.45, 7) is 0.749. The number of hydrogen-bond acceptors (Lipinski definition) is 6. The van der Waals surface area contributed by atoms with Crippen molar-refractivity contribution >= 4 is 36.0 Å². The van der Waals surface area contributed by atoms with Crippen molar-refractivity contribution in [3.8, 4) is 5.69 Å². The first-order valence-electron chi connectivity index (χ1n) is 9.98. The second-order valence-corrected chi connectivity index (χ2v) is 7.46. The molecule has 5 heterocycles. The third-order valence-corrected chi connectivity index (χ3v) is 5.70. The molecule has 0 radical (unpaired) electrons. The topological polar surface area (TPSA) is 97.0 Å². The second kappa shape index (κ2) is 7.75. The van der Waals surface area contributed by atoms with Gasteiger partial charge in [0.2, 0.25) is 0 Å². The second-order valence-electron chi connectivity index (χ2n) is 7.46. The number of rotatable bonds is 3. The van der Waals surface area contributed by atoms with Crippen LogP contribution in [-0.2, 0) is 0 Å². The van der Waals surface area contributed by atoms with E-state index >= 15 is 0 Å². The molecule has 5 aromatic rings. The fourth-order valence-electron chi connectivity index (χ4n) is 4.32. The largest absolute Gasteiger partial charge is 0.344 e. The third-order valence-electron chi connectivity index (χ3n) is 5.70. The number of benzene rings is 1. The molecule has 9 nitrogen and oxygen atoms in total. The van der Waals surface area contributed by atoms with Crippen LogP contribution in [0.1, 0.15) is 24.7 Å². The Morgan fingerprint density at radius 2 is 1.94 bits per heavy atom. The van der Waals surface area contributed by atoms with E-state index in [9.17, 15) is 9.18 Å². The fraction of sp³-hybridized carbons (Fsp3) is 0.190. The van der Waals surface area contributed by atoms with E-state index in [1.165, 1.54) is 18.5 Å². The average molecular weight is 451 g/mol. The van der Waals surface area contributed by atoms with Gasteiger partial charge in [0.1, 0.15) is 23.2 Å². The summed E-state index contributed by atoms with van der Waals surface area (Å²) in [5.74, 6) is 0.932. The number of aromatic nitrogens is 7. The Labute approximate surface area is 188 Å². The molecular weight excluding hydrogens is 431 g/mol. The summed E-state index contributed by atoms with van der Waals surface area (Å²) in [5, 5.41) is 4.80. The van der Waals surface area contributed by atoms with E-state index in [0.717, 1.165) is 30.7 Å². The zero-order valence-corrected chi connectivity index (χ0v) is 17.8. The van der Waals surface area contributed by atoms with Gasteiger partial charge in [-0.3, -0.25) is 9.36 Å². The zero-order valence-electron chi connectivity index (χ0n) is 16.8. The predicted molar refractivity (Wildman–Crippen MR) is 122 cm³/mol. The van der Waals surface area contributed by atoms with Gasteiger partial charge < -0.3 is 9.88 Å². The Hall–Kier alpha value is -3.73. The van der Waals surface area contributed by atoms with E-state index < -0.39 is 0 Å². The highest BCUT2D eigenvalue weighted by atomic mass is 32.1. The van der Waals surface area contributed by atoms with Crippen LogP contribution in [0, 0.1) is 5.82 Å². The van der Waals surface area contributed by atoms with Crippen LogP contribution >= 0.6 is 13.5 Å². The number of aromatic amines is 1. The molecule has 0 unspecified atom stereocenters. The van der Waals surface area contributed by atoms with Gasteiger partial charge in [-0.2, -0.15) is 18.6 Å². The number of hydrogen-bond donors (Lipinski definition) is 1. The highest BCUT2D eigenvalue weighted by Crippen LogP contribution is 2.36. The molecule has 0 amide bonds. The summed E-state index contributed by atoms with van der Waals surface area (Å²) in [7, 11) is 0. The molecule has 1 fully saturated rings. The molecule has 0 spiro atoms. The maximum absolute atomic E-state index is 13.6. The van der Waals surface area contributed by atoms with Crippen molar-refractivity contribution in [1.82, 2.24) is 34.1 Å². The molecule has 6 rings (SSSR count). The number of anilines is 1. The molecule has 1 saturated heterocycles. The van der Waals surface area contributed by atoms with Gasteiger partial charge in [0.15, 0.2) is 17.3 Å². The first-order valence-corrected chi connectivity index (χ1v) is 9.98. The van der Waals surface area contributed by atoms with Crippen LogP contribution < -0.4 is 10.5 Å². The molecule has 1 N–H and O–H groups in total. The molecule has 0 bridgehead atoms. The van der Waals surface area contributed by atoms with E-state index in [4.69, 9.17) is 5.10 Å². The fourth-order valence-corrected chi connectivity index (χ4v) is 4.32. The van der Waals surface area contributed by atoms with Gasteiger partial charge in [0.05, 0.1) is 18.1 Å². The maximum atomic E-state index is 13.6. The minimum atomic E-state index is -0.361. The highest BCUT2D eigenvalue weighted by molar-refractivity contribution is 7.59. The predicted octanol–water partition coefficient (Wildman–Crippen LogP) is 2.74. The molecule has 32 heavy (non-hydrogen) atoms. The van der Waals surface area contributed by atoms with E-state index in [0.29, 0.717) is 22.7 Å². The van der Waals surface area contributed by atoms with Crippen LogP contribution in [0.25, 0.3) is 22.4 Å². The van der Waals surface area contributed by atoms with Crippen molar-refractivity contribution in [3.05, 3.63) is 77.2 Å². The number of halogens is 1. The summed E-state index contributed by atoms with van der Waals surface area (Å²) in [4.78, 5) is 31.6. The molecule has 4 aromatic heterocycles. The minimum absolute atomic E-state index is 0. The molecular formula is C21H19FN8OS. The number of nitrogens with zero attached hydrogens (tertiary/aromatic N) is 7. The zero-order chi connectivity index (χ0) is 20.9. The van der Waals surface area contributed by atoms with Gasteiger partial charge in [-0.25, -0.2) is 23.9 Å². The Kier molecular flexibility index (Phi) is 4.89. The standard InChI is InChI=1S/C21H17FN8O.H2S/c22-13-5-7-14(8-6-13)30-19(27-29-10-2-4-16(29)21(30)31)15-3-1-9-28(15)20-17-18(24-11-23-17)25-12-26-20;/h2,4-8,10-12,15H,1,3,9H2,(H,23,24,25,26);1H2/t15-;/m0./s1. The Morgan fingerprint density at radius 1 is 1.09 bits per heavy atom. The smallest absolute Gasteiger partial charge is 0.282 e. The van der Waals surface area contributed by atoms with Crippen LogP contribution in [0.5, 0.6) is 0 Å². The lowest BCUT2D eigenvalue weighted by Gasteiger charge is -2.27. The number of H-pyrrole nitrogens is 1. The van der Waals surface area contributed by atoms with Gasteiger partial charge in [-0.1, -0.05) is 0 Å². The van der Waals surface area contributed by atoms with Crippen molar-refractivity contribution < 1.29 is 4.39 Å². The summed E-state index contributed by atoms with van der Waals surface area (Å²) < 4.78 is 16.7. The summed E-state index contributed by atoms with van der Waals surface area (Å²) in [5.41, 5.74) is 2.14. The summed E-state index contributed by atoms with van der Waals surface area (Å²) >= 11 is 0. The maximum Gasteiger partial charge on any atom is 0.282 e. The van der Waals surface area contributed by atoms with Gasteiger partial charge in [-0.15, -0.1) is 0 Å². The third kappa shape index (κ3) is 3.04. The Balaban J connectivity index is 0.00000216. The minimum Gasteiger partial charge on any atom is -0.344 e.